The third-order valence-electron chi connectivity index (χ3n) is 3.38. The van der Waals surface area contributed by atoms with Gasteiger partial charge in [0.15, 0.2) is 0 Å². The first-order valence-corrected chi connectivity index (χ1v) is 8.43. The largest absolute Gasteiger partial charge is 0.387 e. The second-order valence-electron chi connectivity index (χ2n) is 5.61. The fourth-order valence-corrected chi connectivity index (χ4v) is 2.98. The summed E-state index contributed by atoms with van der Waals surface area (Å²) in [6, 6.07) is 8.20. The number of carbonyl (C=O) groups is 1. The Labute approximate surface area is 129 Å². The molecular formula is C16H22N2O2S. The van der Waals surface area contributed by atoms with Crippen LogP contribution in [0.15, 0.2) is 30.5 Å². The summed E-state index contributed by atoms with van der Waals surface area (Å²) in [7, 11) is 0. The van der Waals surface area contributed by atoms with Crippen LogP contribution in [0.1, 0.15) is 18.9 Å². The molecule has 0 bridgehead atoms. The molecule has 1 aromatic heterocycles. The number of amides is 1. The lowest BCUT2D eigenvalue weighted by molar-refractivity contribution is -0.122. The van der Waals surface area contributed by atoms with E-state index in [4.69, 9.17) is 0 Å². The summed E-state index contributed by atoms with van der Waals surface area (Å²) < 4.78 is 0. The predicted molar refractivity (Wildman–Crippen MR) is 88.6 cm³/mol. The van der Waals surface area contributed by atoms with Crippen molar-refractivity contribution in [3.05, 3.63) is 36.0 Å². The highest BCUT2D eigenvalue weighted by Crippen LogP contribution is 2.15. The summed E-state index contributed by atoms with van der Waals surface area (Å²) in [6.45, 7) is 2.03. The quantitative estimate of drug-likeness (QED) is 0.735. The smallest absolute Gasteiger partial charge is 0.220 e. The summed E-state index contributed by atoms with van der Waals surface area (Å²) in [6.07, 6.45) is 4.99. The van der Waals surface area contributed by atoms with E-state index in [0.29, 0.717) is 25.1 Å². The topological polar surface area (TPSA) is 65.1 Å². The van der Waals surface area contributed by atoms with Crippen LogP contribution in [-0.2, 0) is 11.2 Å². The van der Waals surface area contributed by atoms with Gasteiger partial charge in [-0.25, -0.2) is 0 Å². The maximum Gasteiger partial charge on any atom is 0.220 e. The number of fused-ring (bicyclic) bond motifs is 1. The lowest BCUT2D eigenvalue weighted by Gasteiger charge is -2.22. The third kappa shape index (κ3) is 4.79. The Morgan fingerprint density at radius 3 is 3.00 bits per heavy atom. The first-order valence-electron chi connectivity index (χ1n) is 7.04. The van der Waals surface area contributed by atoms with Gasteiger partial charge in [-0.2, -0.15) is 11.8 Å². The number of hydrogen-bond acceptors (Lipinski definition) is 3. The highest BCUT2D eigenvalue weighted by atomic mass is 32.2. The van der Waals surface area contributed by atoms with Crippen molar-refractivity contribution >= 4 is 28.6 Å². The Kier molecular flexibility index (Phi) is 5.31. The average Bonchev–Trinajstić information content (AvgIpc) is 2.90. The van der Waals surface area contributed by atoms with E-state index in [1.165, 1.54) is 0 Å². The number of benzene rings is 1. The Bertz CT molecular complexity index is 607. The molecule has 1 amide bonds. The molecule has 1 unspecified atom stereocenters. The first kappa shape index (κ1) is 15.9. The van der Waals surface area contributed by atoms with Crippen molar-refractivity contribution < 1.29 is 9.90 Å². The van der Waals surface area contributed by atoms with Crippen LogP contribution in [0, 0.1) is 0 Å². The monoisotopic (exact) mass is 306 g/mol. The van der Waals surface area contributed by atoms with Gasteiger partial charge in [0, 0.05) is 30.4 Å². The molecule has 114 valence electrons. The maximum absolute atomic E-state index is 11.8. The normalized spacial score (nSPS) is 14.0. The van der Waals surface area contributed by atoms with Crippen LogP contribution in [-0.4, -0.2) is 40.2 Å². The SMILES string of the molecule is CSCC(C)(O)CNC(=O)CCc1ccc2[nH]ccc2c1. The molecule has 0 aliphatic heterocycles. The van der Waals surface area contributed by atoms with Crippen molar-refractivity contribution in [2.75, 3.05) is 18.6 Å². The Hall–Kier alpha value is -1.46. The molecule has 2 rings (SSSR count). The van der Waals surface area contributed by atoms with E-state index < -0.39 is 5.60 Å². The van der Waals surface area contributed by atoms with Crippen molar-refractivity contribution in [2.24, 2.45) is 0 Å². The van der Waals surface area contributed by atoms with Crippen LogP contribution in [0.4, 0.5) is 0 Å². The zero-order valence-corrected chi connectivity index (χ0v) is 13.3. The van der Waals surface area contributed by atoms with E-state index >= 15 is 0 Å². The summed E-state index contributed by atoms with van der Waals surface area (Å²) >= 11 is 1.57. The van der Waals surface area contributed by atoms with Gasteiger partial charge < -0.3 is 15.4 Å². The van der Waals surface area contributed by atoms with Crippen LogP contribution in [0.2, 0.25) is 0 Å². The van der Waals surface area contributed by atoms with Crippen molar-refractivity contribution in [3.8, 4) is 0 Å². The van der Waals surface area contributed by atoms with Crippen LogP contribution >= 0.6 is 11.8 Å². The van der Waals surface area contributed by atoms with Gasteiger partial charge in [0.05, 0.1) is 5.60 Å². The molecule has 0 saturated heterocycles. The van der Waals surface area contributed by atoms with Crippen LogP contribution in [0.3, 0.4) is 0 Å². The van der Waals surface area contributed by atoms with Crippen molar-refractivity contribution in [1.82, 2.24) is 10.3 Å². The van der Waals surface area contributed by atoms with E-state index in [1.807, 2.05) is 30.7 Å². The van der Waals surface area contributed by atoms with Crippen LogP contribution in [0.25, 0.3) is 10.9 Å². The summed E-state index contributed by atoms with van der Waals surface area (Å²) in [5.41, 5.74) is 1.41. The van der Waals surface area contributed by atoms with E-state index in [9.17, 15) is 9.90 Å². The van der Waals surface area contributed by atoms with Gasteiger partial charge in [-0.15, -0.1) is 0 Å². The molecule has 0 aliphatic carbocycles. The van der Waals surface area contributed by atoms with Gasteiger partial charge >= 0.3 is 0 Å². The Balaban J connectivity index is 1.80. The molecule has 1 aromatic carbocycles. The fraction of sp³-hybridized carbons (Fsp3) is 0.438. The highest BCUT2D eigenvalue weighted by molar-refractivity contribution is 7.98. The minimum absolute atomic E-state index is 0.0226. The number of rotatable bonds is 7. The van der Waals surface area contributed by atoms with Gasteiger partial charge in [-0.05, 0) is 48.7 Å². The van der Waals surface area contributed by atoms with Gasteiger partial charge in [0.25, 0.3) is 0 Å². The molecule has 0 saturated carbocycles. The zero-order valence-electron chi connectivity index (χ0n) is 12.5. The number of aliphatic hydroxyl groups is 1. The number of carbonyl (C=O) groups excluding carboxylic acids is 1. The lowest BCUT2D eigenvalue weighted by atomic mass is 10.1. The van der Waals surface area contributed by atoms with E-state index in [1.54, 1.807) is 18.7 Å². The Morgan fingerprint density at radius 1 is 1.43 bits per heavy atom. The molecule has 4 nitrogen and oxygen atoms in total. The molecular weight excluding hydrogens is 284 g/mol. The highest BCUT2D eigenvalue weighted by Gasteiger charge is 2.20. The number of nitrogens with one attached hydrogen (secondary N) is 2. The number of thioether (sulfide) groups is 1. The molecule has 0 fully saturated rings. The number of H-pyrrole nitrogens is 1. The van der Waals surface area contributed by atoms with Gasteiger partial charge in [-0.3, -0.25) is 4.79 Å². The molecule has 1 atom stereocenters. The number of hydrogen-bond donors (Lipinski definition) is 3. The number of aromatic nitrogens is 1. The zero-order chi connectivity index (χ0) is 15.3. The molecule has 3 N–H and O–H groups in total. The molecule has 0 spiro atoms. The molecule has 2 aromatic rings. The molecule has 21 heavy (non-hydrogen) atoms. The second kappa shape index (κ2) is 7.00. The van der Waals surface area contributed by atoms with Crippen LogP contribution in [0.5, 0.6) is 0 Å². The molecule has 5 heteroatoms. The van der Waals surface area contributed by atoms with Crippen molar-refractivity contribution in [2.45, 2.75) is 25.4 Å². The minimum Gasteiger partial charge on any atom is -0.387 e. The summed E-state index contributed by atoms with van der Waals surface area (Å²) in [5.74, 6) is 0.586. The predicted octanol–water partition coefficient (Wildman–Crippen LogP) is 2.33. The lowest BCUT2D eigenvalue weighted by Crippen LogP contribution is -2.42. The van der Waals surface area contributed by atoms with Gasteiger partial charge in [0.2, 0.25) is 5.91 Å². The first-order chi connectivity index (χ1) is 10.00. The fourth-order valence-electron chi connectivity index (χ4n) is 2.26. The molecule has 0 radical (unpaired) electrons. The second-order valence-corrected chi connectivity index (χ2v) is 6.47. The standard InChI is InChI=1S/C16H22N2O2S/c1-16(20,11-21-2)10-18-15(19)6-4-12-3-5-14-13(9-12)7-8-17-14/h3,5,7-9,17,20H,4,6,10-11H2,1-2H3,(H,18,19). The maximum atomic E-state index is 11.8. The number of aromatic amines is 1. The minimum atomic E-state index is -0.848. The van der Waals surface area contributed by atoms with E-state index in [2.05, 4.69) is 16.4 Å². The molecule has 0 aliphatic rings. The van der Waals surface area contributed by atoms with E-state index in [0.717, 1.165) is 16.5 Å². The third-order valence-corrected chi connectivity index (χ3v) is 4.29. The average molecular weight is 306 g/mol. The summed E-state index contributed by atoms with van der Waals surface area (Å²) in [5, 5.41) is 14.0. The number of aryl methyl sites for hydroxylation is 1. The summed E-state index contributed by atoms with van der Waals surface area (Å²) in [4.78, 5) is 15.0. The van der Waals surface area contributed by atoms with Crippen molar-refractivity contribution in [3.63, 3.8) is 0 Å². The van der Waals surface area contributed by atoms with Gasteiger partial charge in [0.1, 0.15) is 0 Å². The van der Waals surface area contributed by atoms with E-state index in [-0.39, 0.29) is 5.91 Å². The van der Waals surface area contributed by atoms with Gasteiger partial charge in [-0.1, -0.05) is 6.07 Å². The van der Waals surface area contributed by atoms with Crippen LogP contribution < -0.4 is 5.32 Å². The van der Waals surface area contributed by atoms with Crippen molar-refractivity contribution in [1.29, 1.82) is 0 Å². The Morgan fingerprint density at radius 2 is 2.24 bits per heavy atom. The molecule has 1 heterocycles.